The molecule has 4 rings (SSSR count). The van der Waals surface area contributed by atoms with Gasteiger partial charge in [0.15, 0.2) is 11.5 Å². The number of aromatic nitrogens is 2. The van der Waals surface area contributed by atoms with E-state index in [9.17, 15) is 9.90 Å². The lowest BCUT2D eigenvalue weighted by Gasteiger charge is -2.14. The first-order chi connectivity index (χ1) is 14.5. The molecule has 0 amide bonds. The molecule has 0 fully saturated rings. The molecule has 1 atom stereocenters. The first-order valence-corrected chi connectivity index (χ1v) is 10.4. The van der Waals surface area contributed by atoms with Gasteiger partial charge in [0.1, 0.15) is 17.6 Å². The fourth-order valence-corrected chi connectivity index (χ4v) is 4.16. The standard InChI is InChI=1S/C22H19ClN2O4S/c1-13(26)11-29-18-8-7-16(9-19(18)28-2)25-12-24-17-10-20(30-21(17)22(25)27)14-3-5-15(23)6-4-14/h3-10,12-13,26H,11H2,1-2H3/t13-/m0/s1. The Hall–Kier alpha value is -2.87. The van der Waals surface area contributed by atoms with Gasteiger partial charge in [-0.1, -0.05) is 23.7 Å². The Morgan fingerprint density at radius 2 is 1.93 bits per heavy atom. The molecule has 0 aliphatic carbocycles. The van der Waals surface area contributed by atoms with E-state index >= 15 is 0 Å². The molecular weight excluding hydrogens is 424 g/mol. The van der Waals surface area contributed by atoms with Crippen LogP contribution in [0.4, 0.5) is 0 Å². The highest BCUT2D eigenvalue weighted by molar-refractivity contribution is 7.22. The number of ether oxygens (including phenoxy) is 2. The van der Waals surface area contributed by atoms with Crippen LogP contribution in [0.25, 0.3) is 26.3 Å². The number of aliphatic hydroxyl groups excluding tert-OH is 1. The summed E-state index contributed by atoms with van der Waals surface area (Å²) in [4.78, 5) is 18.5. The summed E-state index contributed by atoms with van der Waals surface area (Å²) in [7, 11) is 1.52. The van der Waals surface area contributed by atoms with E-state index in [4.69, 9.17) is 21.1 Å². The number of aliphatic hydroxyl groups is 1. The van der Waals surface area contributed by atoms with Crippen molar-refractivity contribution in [3.8, 4) is 27.6 Å². The van der Waals surface area contributed by atoms with Gasteiger partial charge < -0.3 is 14.6 Å². The molecule has 2 heterocycles. The van der Waals surface area contributed by atoms with E-state index in [-0.39, 0.29) is 12.2 Å². The first kappa shape index (κ1) is 20.4. The molecular formula is C22H19ClN2O4S. The number of benzene rings is 2. The van der Waals surface area contributed by atoms with E-state index in [0.717, 1.165) is 10.4 Å². The lowest BCUT2D eigenvalue weighted by atomic mass is 10.2. The fraction of sp³-hybridized carbons (Fsp3) is 0.182. The van der Waals surface area contributed by atoms with Crippen LogP contribution < -0.4 is 15.0 Å². The number of halogens is 1. The van der Waals surface area contributed by atoms with Gasteiger partial charge in [0.05, 0.1) is 24.4 Å². The molecule has 8 heteroatoms. The molecule has 1 N–H and O–H groups in total. The molecule has 2 aromatic carbocycles. The van der Waals surface area contributed by atoms with E-state index in [0.29, 0.717) is 32.4 Å². The Morgan fingerprint density at radius 1 is 1.17 bits per heavy atom. The Bertz CT molecular complexity index is 1250. The molecule has 0 bridgehead atoms. The summed E-state index contributed by atoms with van der Waals surface area (Å²) in [6, 6.07) is 14.6. The van der Waals surface area contributed by atoms with Crippen molar-refractivity contribution in [1.29, 1.82) is 0 Å². The van der Waals surface area contributed by atoms with Gasteiger partial charge in [-0.05, 0) is 42.8 Å². The van der Waals surface area contributed by atoms with E-state index in [1.165, 1.54) is 29.3 Å². The van der Waals surface area contributed by atoms with Crippen LogP contribution in [-0.2, 0) is 0 Å². The third-order valence-electron chi connectivity index (χ3n) is 4.47. The minimum atomic E-state index is -0.600. The molecule has 0 aliphatic heterocycles. The topological polar surface area (TPSA) is 73.6 Å². The van der Waals surface area contributed by atoms with Crippen molar-refractivity contribution in [2.75, 3.05) is 13.7 Å². The van der Waals surface area contributed by atoms with Gasteiger partial charge in [-0.3, -0.25) is 9.36 Å². The van der Waals surface area contributed by atoms with Crippen molar-refractivity contribution in [2.24, 2.45) is 0 Å². The predicted molar refractivity (Wildman–Crippen MR) is 119 cm³/mol. The summed E-state index contributed by atoms with van der Waals surface area (Å²) in [5, 5.41) is 10.1. The zero-order valence-corrected chi connectivity index (χ0v) is 17.9. The number of methoxy groups -OCH3 is 1. The van der Waals surface area contributed by atoms with Crippen LogP contribution in [-0.4, -0.2) is 34.5 Å². The zero-order chi connectivity index (χ0) is 21.3. The lowest BCUT2D eigenvalue weighted by molar-refractivity contribution is 0.120. The molecule has 0 saturated carbocycles. The second-order valence-electron chi connectivity index (χ2n) is 6.75. The van der Waals surface area contributed by atoms with Gasteiger partial charge in [0, 0.05) is 16.0 Å². The van der Waals surface area contributed by atoms with Crippen molar-refractivity contribution < 1.29 is 14.6 Å². The van der Waals surface area contributed by atoms with Crippen LogP contribution in [0.1, 0.15) is 6.92 Å². The Morgan fingerprint density at radius 3 is 2.63 bits per heavy atom. The van der Waals surface area contributed by atoms with Crippen molar-refractivity contribution in [2.45, 2.75) is 13.0 Å². The second-order valence-corrected chi connectivity index (χ2v) is 8.24. The summed E-state index contributed by atoms with van der Waals surface area (Å²) in [6.45, 7) is 1.78. The summed E-state index contributed by atoms with van der Waals surface area (Å²) < 4.78 is 13.0. The maximum atomic E-state index is 13.1. The minimum absolute atomic E-state index is 0.145. The average Bonchev–Trinajstić information content (AvgIpc) is 3.18. The third-order valence-corrected chi connectivity index (χ3v) is 5.89. The first-order valence-electron chi connectivity index (χ1n) is 9.22. The Balaban J connectivity index is 1.73. The molecule has 30 heavy (non-hydrogen) atoms. The van der Waals surface area contributed by atoms with E-state index in [2.05, 4.69) is 4.98 Å². The second kappa shape index (κ2) is 8.47. The highest BCUT2D eigenvalue weighted by atomic mass is 35.5. The van der Waals surface area contributed by atoms with Gasteiger partial charge in [-0.2, -0.15) is 0 Å². The van der Waals surface area contributed by atoms with Crippen molar-refractivity contribution in [1.82, 2.24) is 9.55 Å². The number of fused-ring (bicyclic) bond motifs is 1. The van der Waals surface area contributed by atoms with Crippen molar-refractivity contribution in [3.05, 3.63) is 70.2 Å². The van der Waals surface area contributed by atoms with E-state index in [1.54, 1.807) is 25.1 Å². The van der Waals surface area contributed by atoms with Crippen LogP contribution in [0.5, 0.6) is 11.5 Å². The number of thiophene rings is 1. The summed E-state index contributed by atoms with van der Waals surface area (Å²) >= 11 is 7.36. The van der Waals surface area contributed by atoms with E-state index < -0.39 is 6.10 Å². The van der Waals surface area contributed by atoms with Crippen LogP contribution in [0.3, 0.4) is 0 Å². The molecule has 0 aliphatic rings. The molecule has 0 saturated heterocycles. The van der Waals surface area contributed by atoms with Crippen LogP contribution in [0, 0.1) is 0 Å². The smallest absolute Gasteiger partial charge is 0.275 e. The number of rotatable bonds is 6. The molecule has 0 radical (unpaired) electrons. The summed E-state index contributed by atoms with van der Waals surface area (Å²) in [5.41, 5.74) is 2.08. The monoisotopic (exact) mass is 442 g/mol. The van der Waals surface area contributed by atoms with E-state index in [1.807, 2.05) is 30.3 Å². The lowest BCUT2D eigenvalue weighted by Crippen LogP contribution is -2.18. The Kier molecular flexibility index (Phi) is 5.76. The molecule has 0 unspecified atom stereocenters. The van der Waals surface area contributed by atoms with Gasteiger partial charge >= 0.3 is 0 Å². The highest BCUT2D eigenvalue weighted by Gasteiger charge is 2.14. The van der Waals surface area contributed by atoms with Crippen molar-refractivity contribution in [3.63, 3.8) is 0 Å². The van der Waals surface area contributed by atoms with Gasteiger partial charge in [0.2, 0.25) is 0 Å². The minimum Gasteiger partial charge on any atom is -0.493 e. The fourth-order valence-electron chi connectivity index (χ4n) is 2.99. The summed E-state index contributed by atoms with van der Waals surface area (Å²) in [5.74, 6) is 0.957. The molecule has 154 valence electrons. The SMILES string of the molecule is COc1cc(-n2cnc3cc(-c4ccc(Cl)cc4)sc3c2=O)ccc1OC[C@H](C)O. The maximum absolute atomic E-state index is 13.1. The largest absolute Gasteiger partial charge is 0.493 e. The molecule has 4 aromatic rings. The molecule has 0 spiro atoms. The van der Waals surface area contributed by atoms with Crippen LogP contribution in [0.15, 0.2) is 59.7 Å². The molecule has 2 aromatic heterocycles. The normalized spacial score (nSPS) is 12.1. The van der Waals surface area contributed by atoms with Crippen LogP contribution >= 0.6 is 22.9 Å². The number of hydrogen-bond acceptors (Lipinski definition) is 6. The van der Waals surface area contributed by atoms with Crippen molar-refractivity contribution >= 4 is 33.2 Å². The highest BCUT2D eigenvalue weighted by Crippen LogP contribution is 2.33. The number of nitrogens with zero attached hydrogens (tertiary/aromatic N) is 2. The van der Waals surface area contributed by atoms with Crippen LogP contribution in [0.2, 0.25) is 5.02 Å². The quantitative estimate of drug-likeness (QED) is 0.474. The Labute approximate surface area is 181 Å². The third kappa shape index (κ3) is 4.05. The number of hydrogen-bond donors (Lipinski definition) is 1. The predicted octanol–water partition coefficient (Wildman–Crippen LogP) is 4.54. The summed E-state index contributed by atoms with van der Waals surface area (Å²) in [6.07, 6.45) is 0.908. The zero-order valence-electron chi connectivity index (χ0n) is 16.3. The van der Waals surface area contributed by atoms with Gasteiger partial charge in [0.25, 0.3) is 5.56 Å². The maximum Gasteiger partial charge on any atom is 0.275 e. The van der Waals surface area contributed by atoms with Gasteiger partial charge in [-0.15, -0.1) is 11.3 Å². The average molecular weight is 443 g/mol. The molecule has 6 nitrogen and oxygen atoms in total. The van der Waals surface area contributed by atoms with Gasteiger partial charge in [-0.25, -0.2) is 4.98 Å².